The molecule has 0 bridgehead atoms. The van der Waals surface area contributed by atoms with E-state index >= 15 is 0 Å². The first-order chi connectivity index (χ1) is 13.0. The van der Waals surface area contributed by atoms with Gasteiger partial charge in [-0.1, -0.05) is 30.3 Å². The molecule has 0 aliphatic heterocycles. The highest BCUT2D eigenvalue weighted by atomic mass is 16.5. The predicted molar refractivity (Wildman–Crippen MR) is 111 cm³/mol. The minimum atomic E-state index is -0.378. The van der Waals surface area contributed by atoms with E-state index in [1.54, 1.807) is 7.11 Å². The Morgan fingerprint density at radius 3 is 1.93 bits per heavy atom. The van der Waals surface area contributed by atoms with Gasteiger partial charge in [0, 0.05) is 29.7 Å². The molecule has 0 saturated carbocycles. The van der Waals surface area contributed by atoms with Gasteiger partial charge in [-0.25, -0.2) is 0 Å². The van der Waals surface area contributed by atoms with Crippen LogP contribution in [0.25, 0.3) is 0 Å². The van der Waals surface area contributed by atoms with Crippen LogP contribution in [0.4, 0.5) is 17.1 Å². The largest absolute Gasteiger partial charge is 0.374 e. The van der Waals surface area contributed by atoms with Crippen LogP contribution in [0, 0.1) is 0 Å². The number of amides is 1. The van der Waals surface area contributed by atoms with Crippen LogP contribution in [0.5, 0.6) is 0 Å². The average molecular weight is 360 g/mol. The Balaban J connectivity index is 1.64. The maximum Gasteiger partial charge on any atom is 0.255 e. The number of methoxy groups -OCH3 is 1. The number of rotatable bonds is 6. The molecule has 2 N–H and O–H groups in total. The Kier molecular flexibility index (Phi) is 5.57. The zero-order valence-corrected chi connectivity index (χ0v) is 15.8. The molecule has 0 heterocycles. The number of carbonyl (C=O) groups excluding carboxylic acids is 1. The zero-order valence-electron chi connectivity index (χ0n) is 15.8. The fourth-order valence-electron chi connectivity index (χ4n) is 2.67. The zero-order chi connectivity index (χ0) is 19.3. The lowest BCUT2D eigenvalue weighted by atomic mass is 9.97. The number of benzene rings is 3. The molecule has 0 aliphatic rings. The highest BCUT2D eigenvalue weighted by Gasteiger charge is 2.19. The molecule has 0 radical (unpaired) electrons. The molecular weight excluding hydrogens is 336 g/mol. The summed E-state index contributed by atoms with van der Waals surface area (Å²) in [6.45, 7) is 3.99. The van der Waals surface area contributed by atoms with Gasteiger partial charge in [0.2, 0.25) is 0 Å². The summed E-state index contributed by atoms with van der Waals surface area (Å²) in [5, 5.41) is 6.24. The molecule has 3 rings (SSSR count). The third-order valence-corrected chi connectivity index (χ3v) is 4.56. The number of ether oxygens (including phenoxy) is 1. The van der Waals surface area contributed by atoms with Crippen LogP contribution >= 0.6 is 0 Å². The Labute approximate surface area is 160 Å². The fourth-order valence-corrected chi connectivity index (χ4v) is 2.67. The highest BCUT2D eigenvalue weighted by Crippen LogP contribution is 2.24. The van der Waals surface area contributed by atoms with Gasteiger partial charge in [-0.2, -0.15) is 0 Å². The molecule has 1 amide bonds. The van der Waals surface area contributed by atoms with E-state index in [1.807, 2.05) is 92.7 Å². The lowest BCUT2D eigenvalue weighted by Crippen LogP contribution is -2.19. The van der Waals surface area contributed by atoms with Crippen molar-refractivity contribution in [3.05, 3.63) is 90.0 Å². The van der Waals surface area contributed by atoms with E-state index in [1.165, 1.54) is 0 Å². The molecule has 3 aromatic carbocycles. The van der Waals surface area contributed by atoms with Crippen LogP contribution in [0.1, 0.15) is 29.8 Å². The average Bonchev–Trinajstić information content (AvgIpc) is 2.70. The third-order valence-electron chi connectivity index (χ3n) is 4.56. The summed E-state index contributed by atoms with van der Waals surface area (Å²) in [5.41, 5.74) is 3.99. The first-order valence-electron chi connectivity index (χ1n) is 8.87. The normalized spacial score (nSPS) is 11.1. The van der Waals surface area contributed by atoms with Crippen LogP contribution in [0.2, 0.25) is 0 Å². The number of hydrogen-bond acceptors (Lipinski definition) is 3. The van der Waals surface area contributed by atoms with Gasteiger partial charge >= 0.3 is 0 Å². The number of anilines is 3. The molecule has 4 heteroatoms. The van der Waals surface area contributed by atoms with Gasteiger partial charge in [-0.3, -0.25) is 4.79 Å². The van der Waals surface area contributed by atoms with Gasteiger partial charge in [0.25, 0.3) is 5.91 Å². The van der Waals surface area contributed by atoms with E-state index in [0.717, 1.165) is 22.6 Å². The lowest BCUT2D eigenvalue weighted by Gasteiger charge is -2.23. The van der Waals surface area contributed by atoms with Gasteiger partial charge in [0.1, 0.15) is 0 Å². The smallest absolute Gasteiger partial charge is 0.255 e. The highest BCUT2D eigenvalue weighted by molar-refractivity contribution is 6.04. The molecule has 4 nitrogen and oxygen atoms in total. The second-order valence-corrected chi connectivity index (χ2v) is 6.81. The quantitative estimate of drug-likeness (QED) is 0.605. The number of carbonyl (C=O) groups is 1. The maximum absolute atomic E-state index is 12.5. The summed E-state index contributed by atoms with van der Waals surface area (Å²) >= 11 is 0. The van der Waals surface area contributed by atoms with Gasteiger partial charge in [0.15, 0.2) is 0 Å². The van der Waals surface area contributed by atoms with E-state index < -0.39 is 0 Å². The van der Waals surface area contributed by atoms with E-state index in [2.05, 4.69) is 10.6 Å². The maximum atomic E-state index is 12.5. The van der Waals surface area contributed by atoms with Crippen LogP contribution in [0.15, 0.2) is 78.9 Å². The topological polar surface area (TPSA) is 50.4 Å². The third kappa shape index (κ3) is 4.74. The van der Waals surface area contributed by atoms with Crippen LogP contribution in [-0.2, 0) is 10.3 Å². The van der Waals surface area contributed by atoms with Crippen LogP contribution in [0.3, 0.4) is 0 Å². The van der Waals surface area contributed by atoms with E-state index in [0.29, 0.717) is 5.56 Å². The molecule has 0 spiro atoms. The van der Waals surface area contributed by atoms with E-state index in [9.17, 15) is 4.79 Å². The van der Waals surface area contributed by atoms with Crippen LogP contribution in [-0.4, -0.2) is 13.0 Å². The van der Waals surface area contributed by atoms with Crippen molar-refractivity contribution in [2.24, 2.45) is 0 Å². The minimum absolute atomic E-state index is 0.138. The Hall–Kier alpha value is -3.11. The minimum Gasteiger partial charge on any atom is -0.374 e. The molecule has 0 aliphatic carbocycles. The number of para-hydroxylation sites is 1. The summed E-state index contributed by atoms with van der Waals surface area (Å²) in [5.74, 6) is -0.138. The molecule has 3 aromatic rings. The number of hydrogen-bond donors (Lipinski definition) is 2. The Morgan fingerprint density at radius 1 is 0.778 bits per heavy atom. The van der Waals surface area contributed by atoms with Gasteiger partial charge in [0.05, 0.1) is 5.60 Å². The molecule has 0 unspecified atom stereocenters. The second-order valence-electron chi connectivity index (χ2n) is 6.81. The van der Waals surface area contributed by atoms with Crippen molar-refractivity contribution in [3.63, 3.8) is 0 Å². The Morgan fingerprint density at radius 2 is 1.33 bits per heavy atom. The summed E-state index contributed by atoms with van der Waals surface area (Å²) in [7, 11) is 1.68. The number of nitrogens with one attached hydrogen (secondary N) is 2. The van der Waals surface area contributed by atoms with Crippen molar-refractivity contribution < 1.29 is 9.53 Å². The summed E-state index contributed by atoms with van der Waals surface area (Å²) in [6, 6.07) is 25.1. The van der Waals surface area contributed by atoms with Crippen molar-refractivity contribution in [2.75, 3.05) is 17.7 Å². The summed E-state index contributed by atoms with van der Waals surface area (Å²) < 4.78 is 5.47. The lowest BCUT2D eigenvalue weighted by molar-refractivity contribution is 0.0192. The first kappa shape index (κ1) is 18.7. The molecule has 0 saturated heterocycles. The fraction of sp³-hybridized carbons (Fsp3) is 0.174. The Bertz CT molecular complexity index is 886. The monoisotopic (exact) mass is 360 g/mol. The standard InChI is InChI=1S/C23H24N2O2/c1-23(2,27-3)18-11-9-17(10-12-18)22(26)25-21-15-13-20(14-16-21)24-19-7-5-4-6-8-19/h4-16,24H,1-3H3,(H,25,26). The van der Waals surface area contributed by atoms with Crippen molar-refractivity contribution in [1.29, 1.82) is 0 Å². The summed E-state index contributed by atoms with van der Waals surface area (Å²) in [6.07, 6.45) is 0. The van der Waals surface area contributed by atoms with E-state index in [-0.39, 0.29) is 11.5 Å². The predicted octanol–water partition coefficient (Wildman–Crippen LogP) is 5.56. The second kappa shape index (κ2) is 8.06. The first-order valence-corrected chi connectivity index (χ1v) is 8.87. The van der Waals surface area contributed by atoms with Crippen molar-refractivity contribution in [3.8, 4) is 0 Å². The molecule has 138 valence electrons. The SMILES string of the molecule is COC(C)(C)c1ccc(C(=O)Nc2ccc(Nc3ccccc3)cc2)cc1. The van der Waals surface area contributed by atoms with Gasteiger partial charge in [-0.05, 0) is 67.9 Å². The van der Waals surface area contributed by atoms with E-state index in [4.69, 9.17) is 4.74 Å². The van der Waals surface area contributed by atoms with Crippen molar-refractivity contribution in [2.45, 2.75) is 19.4 Å². The molecule has 0 fully saturated rings. The van der Waals surface area contributed by atoms with Crippen LogP contribution < -0.4 is 10.6 Å². The molecular formula is C23H24N2O2. The van der Waals surface area contributed by atoms with Crippen molar-refractivity contribution >= 4 is 23.0 Å². The van der Waals surface area contributed by atoms with Gasteiger partial charge in [-0.15, -0.1) is 0 Å². The molecule has 27 heavy (non-hydrogen) atoms. The summed E-state index contributed by atoms with van der Waals surface area (Å²) in [4.78, 5) is 12.5. The molecule has 0 atom stereocenters. The van der Waals surface area contributed by atoms with Crippen molar-refractivity contribution in [1.82, 2.24) is 0 Å². The molecule has 0 aromatic heterocycles. The van der Waals surface area contributed by atoms with Gasteiger partial charge < -0.3 is 15.4 Å².